The van der Waals surface area contributed by atoms with Crippen LogP contribution in [0.1, 0.15) is 0 Å². The lowest BCUT2D eigenvalue weighted by molar-refractivity contribution is 1.37. The molecule has 0 fully saturated rings. The molecule has 6 aromatic carbocycles. The molecule has 0 radical (unpaired) electrons. The zero-order chi connectivity index (χ0) is 28.2. The normalized spacial score (nSPS) is 11.6. The number of rotatable bonds is 3. The topological polar surface area (TPSA) is 25.8 Å². The molecule has 0 saturated heterocycles. The van der Waals surface area contributed by atoms with Crippen molar-refractivity contribution in [3.05, 3.63) is 142 Å². The first-order valence-corrected chi connectivity index (χ1v) is 15.4. The van der Waals surface area contributed by atoms with E-state index in [4.69, 9.17) is 9.97 Å². The highest BCUT2D eigenvalue weighted by Crippen LogP contribution is 2.42. The summed E-state index contributed by atoms with van der Waals surface area (Å²) < 4.78 is 2.03. The molecule has 2 heterocycles. The van der Waals surface area contributed by atoms with Crippen LogP contribution in [0.2, 0.25) is 0 Å². The van der Waals surface area contributed by atoms with Crippen molar-refractivity contribution >= 4 is 75.2 Å². The molecule has 0 atom stereocenters. The number of nitrogens with zero attached hydrogens (tertiary/aromatic N) is 2. The minimum Gasteiger partial charge on any atom is -0.247 e. The molecule has 0 aliphatic rings. The lowest BCUT2D eigenvalue weighted by Gasteiger charge is -2.17. The smallest absolute Gasteiger partial charge is 0.0789 e. The molecule has 0 N–H and O–H groups in total. The average Bonchev–Trinajstić information content (AvgIpc) is 3.03. The molecule has 0 aliphatic carbocycles. The fraction of sp³-hybridized carbons (Fsp3) is 0. The summed E-state index contributed by atoms with van der Waals surface area (Å²) >= 11 is 7.39. The van der Waals surface area contributed by atoms with Crippen LogP contribution in [-0.2, 0) is 0 Å². The third-order valence-corrected chi connectivity index (χ3v) is 8.92. The summed E-state index contributed by atoms with van der Waals surface area (Å²) in [4.78, 5) is 10.7. The first-order valence-electron chi connectivity index (χ1n) is 13.8. The molecular weight excluding hydrogens is 644 g/mol. The third kappa shape index (κ3) is 4.30. The lowest BCUT2D eigenvalue weighted by atomic mass is 9.91. The van der Waals surface area contributed by atoms with Gasteiger partial charge in [0.1, 0.15) is 0 Å². The maximum atomic E-state index is 5.35. The van der Waals surface area contributed by atoms with Gasteiger partial charge in [-0.05, 0) is 70.1 Å². The molecule has 4 heteroatoms. The third-order valence-electron chi connectivity index (χ3n) is 7.93. The van der Waals surface area contributed by atoms with E-state index < -0.39 is 0 Å². The Hall–Kier alpha value is -4.38. The molecule has 0 bridgehead atoms. The summed E-state index contributed by atoms with van der Waals surface area (Å²) in [6, 6.07) is 47.0. The quantitative estimate of drug-likeness (QED) is 0.175. The van der Waals surface area contributed by atoms with Crippen LogP contribution in [0, 0.1) is 0 Å². The maximum absolute atomic E-state index is 5.35. The van der Waals surface area contributed by atoms with Gasteiger partial charge in [-0.25, -0.2) is 9.97 Å². The number of pyridine rings is 2. The van der Waals surface area contributed by atoms with Crippen molar-refractivity contribution in [3.8, 4) is 33.6 Å². The number of benzene rings is 6. The van der Waals surface area contributed by atoms with E-state index in [1.165, 1.54) is 21.5 Å². The average molecular weight is 666 g/mol. The summed E-state index contributed by atoms with van der Waals surface area (Å²) in [7, 11) is 0. The second-order valence-corrected chi connectivity index (χ2v) is 12.3. The van der Waals surface area contributed by atoms with Crippen LogP contribution < -0.4 is 0 Å². The van der Waals surface area contributed by atoms with E-state index in [0.29, 0.717) is 0 Å². The molecule has 0 saturated carbocycles. The van der Waals surface area contributed by atoms with Gasteiger partial charge < -0.3 is 0 Å². The standard InChI is InChI=1S/C38H22Br2N2/c39-27-11-5-9-25(19-27)37-33(21-31-29-13-3-1-7-23(29)15-17-35(31)41-37)34-22-32-30-14-4-2-8-24(30)16-18-36(32)42-38(34)26-10-6-12-28(40)20-26/h1-22H. The van der Waals surface area contributed by atoms with Gasteiger partial charge in [0.25, 0.3) is 0 Å². The highest BCUT2D eigenvalue weighted by atomic mass is 79.9. The molecule has 8 aromatic rings. The fourth-order valence-corrected chi connectivity index (χ4v) is 6.77. The van der Waals surface area contributed by atoms with Crippen LogP contribution in [0.4, 0.5) is 0 Å². The summed E-state index contributed by atoms with van der Waals surface area (Å²) in [5.74, 6) is 0. The fourth-order valence-electron chi connectivity index (χ4n) is 5.98. The van der Waals surface area contributed by atoms with E-state index >= 15 is 0 Å². The minimum atomic E-state index is 0.928. The van der Waals surface area contributed by atoms with Crippen LogP contribution in [0.3, 0.4) is 0 Å². The number of hydrogen-bond donors (Lipinski definition) is 0. The minimum absolute atomic E-state index is 0.928. The zero-order valence-electron chi connectivity index (χ0n) is 22.4. The highest BCUT2D eigenvalue weighted by molar-refractivity contribution is 9.10. The largest absolute Gasteiger partial charge is 0.247 e. The van der Waals surface area contributed by atoms with Gasteiger partial charge >= 0.3 is 0 Å². The Labute approximate surface area is 260 Å². The lowest BCUT2D eigenvalue weighted by Crippen LogP contribution is -1.97. The van der Waals surface area contributed by atoms with E-state index in [1.54, 1.807) is 0 Å². The molecule has 198 valence electrons. The first kappa shape index (κ1) is 25.3. The van der Waals surface area contributed by atoms with Crippen molar-refractivity contribution in [2.45, 2.75) is 0 Å². The molecule has 0 unspecified atom stereocenters. The molecule has 0 spiro atoms. The van der Waals surface area contributed by atoms with Gasteiger partial charge in [0, 0.05) is 42.0 Å². The van der Waals surface area contributed by atoms with Crippen molar-refractivity contribution in [1.82, 2.24) is 9.97 Å². The van der Waals surface area contributed by atoms with E-state index in [9.17, 15) is 0 Å². The Morgan fingerprint density at radius 2 is 0.833 bits per heavy atom. The molecule has 42 heavy (non-hydrogen) atoms. The molecule has 2 aromatic heterocycles. The van der Waals surface area contributed by atoms with Gasteiger partial charge in [-0.1, -0.05) is 117 Å². The summed E-state index contributed by atoms with van der Waals surface area (Å²) in [5, 5.41) is 7.02. The number of aromatic nitrogens is 2. The number of fused-ring (bicyclic) bond motifs is 6. The van der Waals surface area contributed by atoms with Gasteiger partial charge in [0.05, 0.1) is 22.4 Å². The van der Waals surface area contributed by atoms with E-state index in [2.05, 4.69) is 153 Å². The van der Waals surface area contributed by atoms with Gasteiger partial charge in [-0.3, -0.25) is 0 Å². The monoisotopic (exact) mass is 664 g/mol. The number of halogens is 2. The van der Waals surface area contributed by atoms with E-state index in [0.717, 1.165) is 64.4 Å². The van der Waals surface area contributed by atoms with Gasteiger partial charge in [-0.2, -0.15) is 0 Å². The second-order valence-electron chi connectivity index (χ2n) is 10.5. The molecule has 0 amide bonds. The molecular formula is C38H22Br2N2. The summed E-state index contributed by atoms with van der Waals surface area (Å²) in [5.41, 5.74) is 7.99. The first-order chi connectivity index (χ1) is 20.6. The predicted molar refractivity (Wildman–Crippen MR) is 184 cm³/mol. The van der Waals surface area contributed by atoms with Crippen molar-refractivity contribution in [2.24, 2.45) is 0 Å². The van der Waals surface area contributed by atoms with E-state index in [-0.39, 0.29) is 0 Å². The van der Waals surface area contributed by atoms with Crippen molar-refractivity contribution in [1.29, 1.82) is 0 Å². The highest BCUT2D eigenvalue weighted by Gasteiger charge is 2.19. The molecule has 0 aliphatic heterocycles. The van der Waals surface area contributed by atoms with Crippen LogP contribution >= 0.6 is 31.9 Å². The van der Waals surface area contributed by atoms with Gasteiger partial charge in [0.2, 0.25) is 0 Å². The van der Waals surface area contributed by atoms with Gasteiger partial charge in [-0.15, -0.1) is 0 Å². The Morgan fingerprint density at radius 3 is 1.29 bits per heavy atom. The van der Waals surface area contributed by atoms with Crippen LogP contribution in [0.15, 0.2) is 142 Å². The van der Waals surface area contributed by atoms with Crippen LogP contribution in [0.5, 0.6) is 0 Å². The number of hydrogen-bond acceptors (Lipinski definition) is 2. The Bertz CT molecular complexity index is 2180. The Morgan fingerprint density at radius 1 is 0.381 bits per heavy atom. The van der Waals surface area contributed by atoms with Crippen molar-refractivity contribution in [2.75, 3.05) is 0 Å². The van der Waals surface area contributed by atoms with Crippen LogP contribution in [0.25, 0.3) is 77.0 Å². The van der Waals surface area contributed by atoms with Crippen molar-refractivity contribution in [3.63, 3.8) is 0 Å². The SMILES string of the molecule is Brc1cccc(-c2nc3ccc4ccccc4c3cc2-c2cc3c(ccc4ccccc43)nc2-c2cccc(Br)c2)c1. The van der Waals surface area contributed by atoms with Crippen molar-refractivity contribution < 1.29 is 0 Å². The Kier molecular flexibility index (Phi) is 6.13. The summed E-state index contributed by atoms with van der Waals surface area (Å²) in [6.07, 6.45) is 0. The van der Waals surface area contributed by atoms with Crippen LogP contribution in [-0.4, -0.2) is 9.97 Å². The maximum Gasteiger partial charge on any atom is 0.0789 e. The summed E-state index contributed by atoms with van der Waals surface area (Å²) in [6.45, 7) is 0. The zero-order valence-corrected chi connectivity index (χ0v) is 25.5. The Balaban J connectivity index is 1.55. The predicted octanol–water partition coefficient (Wildman–Crippen LogP) is 11.6. The second kappa shape index (κ2) is 10.2. The molecule has 8 rings (SSSR count). The van der Waals surface area contributed by atoms with Gasteiger partial charge in [0.15, 0.2) is 0 Å². The van der Waals surface area contributed by atoms with E-state index in [1.807, 2.05) is 12.1 Å². The molecule has 2 nitrogen and oxygen atoms in total.